The molecular weight excluding hydrogens is 368 g/mol. The predicted octanol–water partition coefficient (Wildman–Crippen LogP) is 1.64. The molecule has 9 nitrogen and oxygen atoms in total. The number of aromatic nitrogens is 3. The largest absolute Gasteiger partial charge is 0.388 e. The molecule has 2 aromatic heterocycles. The number of benzene rings is 1. The Bertz CT molecular complexity index is 1070. The van der Waals surface area contributed by atoms with Crippen LogP contribution in [0.5, 0.6) is 0 Å². The first-order chi connectivity index (χ1) is 14.0. The first-order valence-electron chi connectivity index (χ1n) is 9.52. The van der Waals surface area contributed by atoms with Crippen molar-refractivity contribution in [1.82, 2.24) is 25.0 Å². The van der Waals surface area contributed by atoms with Crippen LogP contribution >= 0.6 is 0 Å². The molecule has 1 aromatic carbocycles. The second-order valence-electron chi connectivity index (χ2n) is 7.00. The molecule has 0 bridgehead atoms. The molecule has 4 rings (SSSR count). The number of rotatable bonds is 5. The van der Waals surface area contributed by atoms with Gasteiger partial charge in [0.15, 0.2) is 5.65 Å². The Morgan fingerprint density at radius 2 is 2.17 bits per heavy atom. The quantitative estimate of drug-likeness (QED) is 0.421. The lowest BCUT2D eigenvalue weighted by Gasteiger charge is -2.22. The molecule has 3 aromatic rings. The lowest BCUT2D eigenvalue weighted by Crippen LogP contribution is -2.42. The zero-order chi connectivity index (χ0) is 20.4. The number of hydrogen-bond acceptors (Lipinski definition) is 7. The molecule has 1 saturated heterocycles. The fraction of sp³-hybridized carbons (Fsp3) is 0.300. The Morgan fingerprint density at radius 1 is 1.31 bits per heavy atom. The van der Waals surface area contributed by atoms with E-state index in [4.69, 9.17) is 5.41 Å². The third-order valence-electron chi connectivity index (χ3n) is 4.95. The van der Waals surface area contributed by atoms with E-state index in [2.05, 4.69) is 31.2 Å². The standard InChI is InChI=1S/C20H24N8O/c1-12(21)14-4-3-13(7-15(14)22-2)20(29)27-18-11-28-10-17(26-19(28)9-25-18)16-8-23-5-6-24-16/h3-4,7,9-11,16,21-24H,5-6,8H2,1-2H3,(H,27,29). The maximum absolute atomic E-state index is 12.7. The van der Waals surface area contributed by atoms with Gasteiger partial charge < -0.3 is 31.1 Å². The maximum Gasteiger partial charge on any atom is 0.256 e. The van der Waals surface area contributed by atoms with Crippen LogP contribution in [0.3, 0.4) is 0 Å². The van der Waals surface area contributed by atoms with Crippen LogP contribution in [0.15, 0.2) is 36.8 Å². The molecule has 1 atom stereocenters. The van der Waals surface area contributed by atoms with Crippen molar-refractivity contribution in [3.8, 4) is 0 Å². The molecule has 1 unspecified atom stereocenters. The van der Waals surface area contributed by atoms with Crippen molar-refractivity contribution >= 4 is 28.8 Å². The molecule has 1 fully saturated rings. The molecule has 0 spiro atoms. The number of carbonyl (C=O) groups is 1. The molecule has 1 aliphatic heterocycles. The van der Waals surface area contributed by atoms with Gasteiger partial charge in [-0.1, -0.05) is 6.07 Å². The van der Waals surface area contributed by atoms with Crippen molar-refractivity contribution in [3.05, 3.63) is 53.6 Å². The van der Waals surface area contributed by atoms with E-state index in [0.29, 0.717) is 17.1 Å². The van der Waals surface area contributed by atoms with E-state index in [1.165, 1.54) is 0 Å². The molecule has 29 heavy (non-hydrogen) atoms. The molecular formula is C20H24N8O. The summed E-state index contributed by atoms with van der Waals surface area (Å²) in [5.41, 5.74) is 4.10. The van der Waals surface area contributed by atoms with Crippen LogP contribution in [0.1, 0.15) is 34.6 Å². The Hall–Kier alpha value is -3.30. The monoisotopic (exact) mass is 392 g/mol. The summed E-state index contributed by atoms with van der Waals surface area (Å²) in [7, 11) is 1.77. The highest BCUT2D eigenvalue weighted by Crippen LogP contribution is 2.19. The van der Waals surface area contributed by atoms with Gasteiger partial charge >= 0.3 is 0 Å². The van der Waals surface area contributed by atoms with Crippen molar-refractivity contribution in [2.75, 3.05) is 37.3 Å². The number of nitrogens with one attached hydrogen (secondary N) is 5. The van der Waals surface area contributed by atoms with Gasteiger partial charge in [0, 0.05) is 55.4 Å². The summed E-state index contributed by atoms with van der Waals surface area (Å²) >= 11 is 0. The zero-order valence-electron chi connectivity index (χ0n) is 16.4. The van der Waals surface area contributed by atoms with Crippen LogP contribution in [-0.4, -0.2) is 52.7 Å². The fourth-order valence-corrected chi connectivity index (χ4v) is 3.42. The number of piperazine rings is 1. The van der Waals surface area contributed by atoms with Gasteiger partial charge in [-0.05, 0) is 19.1 Å². The molecule has 150 valence electrons. The Balaban J connectivity index is 1.54. The highest BCUT2D eigenvalue weighted by atomic mass is 16.1. The number of amides is 1. The van der Waals surface area contributed by atoms with Gasteiger partial charge in [0.2, 0.25) is 0 Å². The lowest BCUT2D eigenvalue weighted by atomic mass is 10.1. The third-order valence-corrected chi connectivity index (χ3v) is 4.95. The molecule has 3 heterocycles. The van der Waals surface area contributed by atoms with Crippen LogP contribution in [0.2, 0.25) is 0 Å². The van der Waals surface area contributed by atoms with Gasteiger partial charge in [0.1, 0.15) is 5.82 Å². The van der Waals surface area contributed by atoms with Crippen LogP contribution < -0.4 is 21.3 Å². The Labute approximate surface area is 168 Å². The first kappa shape index (κ1) is 19.0. The smallest absolute Gasteiger partial charge is 0.256 e. The summed E-state index contributed by atoms with van der Waals surface area (Å²) < 4.78 is 1.87. The first-order valence-corrected chi connectivity index (χ1v) is 9.52. The predicted molar refractivity (Wildman–Crippen MR) is 113 cm³/mol. The minimum absolute atomic E-state index is 0.164. The second-order valence-corrected chi connectivity index (χ2v) is 7.00. The number of fused-ring (bicyclic) bond motifs is 1. The van der Waals surface area contributed by atoms with E-state index in [0.717, 1.165) is 42.2 Å². The van der Waals surface area contributed by atoms with Gasteiger partial charge in [-0.2, -0.15) is 0 Å². The van der Waals surface area contributed by atoms with E-state index < -0.39 is 0 Å². The Morgan fingerprint density at radius 3 is 2.90 bits per heavy atom. The zero-order valence-corrected chi connectivity index (χ0v) is 16.4. The molecule has 1 aliphatic rings. The summed E-state index contributed by atoms with van der Waals surface area (Å²) in [6, 6.07) is 5.38. The van der Waals surface area contributed by atoms with Crippen molar-refractivity contribution in [2.24, 2.45) is 0 Å². The molecule has 0 aliphatic carbocycles. The summed E-state index contributed by atoms with van der Waals surface area (Å²) in [5.74, 6) is 0.181. The second kappa shape index (κ2) is 7.98. The van der Waals surface area contributed by atoms with E-state index in [-0.39, 0.29) is 11.9 Å². The molecule has 0 radical (unpaired) electrons. The van der Waals surface area contributed by atoms with Crippen molar-refractivity contribution in [1.29, 1.82) is 5.41 Å². The number of anilines is 2. The van der Waals surface area contributed by atoms with Crippen molar-refractivity contribution in [2.45, 2.75) is 13.0 Å². The third kappa shape index (κ3) is 3.96. The lowest BCUT2D eigenvalue weighted by molar-refractivity contribution is 0.102. The summed E-state index contributed by atoms with van der Waals surface area (Å²) in [4.78, 5) is 21.6. The molecule has 5 N–H and O–H groups in total. The molecule has 1 amide bonds. The van der Waals surface area contributed by atoms with Crippen LogP contribution in [-0.2, 0) is 0 Å². The van der Waals surface area contributed by atoms with E-state index in [9.17, 15) is 4.79 Å². The van der Waals surface area contributed by atoms with Gasteiger partial charge in [0.25, 0.3) is 5.91 Å². The van der Waals surface area contributed by atoms with Crippen molar-refractivity contribution in [3.63, 3.8) is 0 Å². The minimum Gasteiger partial charge on any atom is -0.388 e. The average Bonchev–Trinajstić information content (AvgIpc) is 3.17. The number of imidazole rings is 1. The number of nitrogens with zero attached hydrogens (tertiary/aromatic N) is 3. The van der Waals surface area contributed by atoms with E-state index >= 15 is 0 Å². The van der Waals surface area contributed by atoms with Crippen LogP contribution in [0.25, 0.3) is 5.65 Å². The normalized spacial score (nSPS) is 16.6. The van der Waals surface area contributed by atoms with E-state index in [1.54, 1.807) is 44.6 Å². The SMILES string of the molecule is CNc1cc(C(=O)Nc2cn3cc(C4CNCCN4)nc3cn2)ccc1C(C)=N. The summed E-state index contributed by atoms with van der Waals surface area (Å²) in [5, 5.41) is 20.5. The molecule has 9 heteroatoms. The van der Waals surface area contributed by atoms with Gasteiger partial charge in [-0.25, -0.2) is 9.97 Å². The van der Waals surface area contributed by atoms with Gasteiger partial charge in [-0.15, -0.1) is 0 Å². The highest BCUT2D eigenvalue weighted by molar-refractivity contribution is 6.07. The van der Waals surface area contributed by atoms with Crippen molar-refractivity contribution < 1.29 is 4.79 Å². The highest BCUT2D eigenvalue weighted by Gasteiger charge is 2.18. The average molecular weight is 392 g/mol. The van der Waals surface area contributed by atoms with Crippen LogP contribution in [0.4, 0.5) is 11.5 Å². The van der Waals surface area contributed by atoms with E-state index in [1.807, 2.05) is 10.6 Å². The molecule has 0 saturated carbocycles. The maximum atomic E-state index is 12.7. The van der Waals surface area contributed by atoms with Crippen LogP contribution in [0, 0.1) is 5.41 Å². The summed E-state index contributed by atoms with van der Waals surface area (Å²) in [6.07, 6.45) is 5.36. The Kier molecular flexibility index (Phi) is 5.24. The summed E-state index contributed by atoms with van der Waals surface area (Å²) in [6.45, 7) is 4.41. The number of carbonyl (C=O) groups excluding carboxylic acids is 1. The fourth-order valence-electron chi connectivity index (χ4n) is 3.42. The minimum atomic E-state index is -0.263. The van der Waals surface area contributed by atoms with Gasteiger partial charge in [0.05, 0.1) is 24.1 Å². The topological polar surface area (TPSA) is 119 Å². The number of hydrogen-bond donors (Lipinski definition) is 5. The van der Waals surface area contributed by atoms with Gasteiger partial charge in [-0.3, -0.25) is 4.79 Å².